The van der Waals surface area contributed by atoms with Crippen LogP contribution in [0.5, 0.6) is 0 Å². The third-order valence-corrected chi connectivity index (χ3v) is 6.94. The third kappa shape index (κ3) is 7.03. The molecule has 1 heterocycles. The second-order valence-corrected chi connectivity index (χ2v) is 9.30. The monoisotopic (exact) mass is 491 g/mol. The van der Waals surface area contributed by atoms with Gasteiger partial charge in [0.05, 0.1) is 5.56 Å². The molecule has 0 radical (unpaired) electrons. The van der Waals surface area contributed by atoms with Crippen molar-refractivity contribution in [2.45, 2.75) is 57.2 Å². The van der Waals surface area contributed by atoms with Crippen molar-refractivity contribution >= 4 is 24.2 Å². The normalized spacial score (nSPS) is 18.8. The molecule has 184 valence electrons. The van der Waals surface area contributed by atoms with Crippen LogP contribution < -0.4 is 0 Å². The Morgan fingerprint density at radius 1 is 0.857 bits per heavy atom. The number of likely N-dealkylation sites (tertiary alicyclic amines) is 1. The summed E-state index contributed by atoms with van der Waals surface area (Å²) in [5, 5.41) is 0. The summed E-state index contributed by atoms with van der Waals surface area (Å²) in [5.41, 5.74) is 3.44. The Labute approximate surface area is 214 Å². The lowest BCUT2D eigenvalue weighted by molar-refractivity contribution is 0.0116. The highest BCUT2D eigenvalue weighted by Gasteiger charge is 2.32. The van der Waals surface area contributed by atoms with Gasteiger partial charge in [-0.05, 0) is 44.5 Å². The van der Waals surface area contributed by atoms with Gasteiger partial charge in [-0.1, -0.05) is 84.8 Å². The summed E-state index contributed by atoms with van der Waals surface area (Å²) >= 11 is 0. The number of halogens is 1. The van der Waals surface area contributed by atoms with Crippen molar-refractivity contribution < 1.29 is 14.3 Å². The number of hydrogen-bond donors (Lipinski definition) is 0. The number of hydrogen-bond acceptors (Lipinski definition) is 4. The van der Waals surface area contributed by atoms with E-state index in [0.29, 0.717) is 18.4 Å². The number of ketones is 1. The number of carbonyl (C=O) groups excluding carboxylic acids is 2. The van der Waals surface area contributed by atoms with Crippen LogP contribution in [0, 0.1) is 6.92 Å². The minimum absolute atomic E-state index is 0. The van der Waals surface area contributed by atoms with E-state index in [2.05, 4.69) is 11.9 Å². The lowest BCUT2D eigenvalue weighted by Gasteiger charge is -2.40. The standard InChI is InChI=1S/C30H33NO3.ClH/c1-22-16-18-25(19-17-22)30(33)34-29(24-12-7-4-8-13-24)21-27-15-9-14-26(31(27)2)20-28(32)23-10-5-3-6-11-23;/h3-8,10-13,16-19,26-27,29H,9,14-15,20-21H2,1-2H3;1H/t26-,27+,29+;/m1./s1. The molecule has 1 aliphatic heterocycles. The minimum Gasteiger partial charge on any atom is -0.454 e. The molecule has 0 saturated carbocycles. The van der Waals surface area contributed by atoms with E-state index in [9.17, 15) is 9.59 Å². The van der Waals surface area contributed by atoms with E-state index >= 15 is 0 Å². The average molecular weight is 492 g/mol. The first-order valence-electron chi connectivity index (χ1n) is 12.1. The van der Waals surface area contributed by atoms with Gasteiger partial charge in [0.25, 0.3) is 0 Å². The van der Waals surface area contributed by atoms with E-state index in [4.69, 9.17) is 4.74 Å². The Morgan fingerprint density at radius 2 is 1.46 bits per heavy atom. The largest absolute Gasteiger partial charge is 0.454 e. The van der Waals surface area contributed by atoms with E-state index in [1.54, 1.807) is 0 Å². The van der Waals surface area contributed by atoms with Gasteiger partial charge >= 0.3 is 5.97 Å². The maximum absolute atomic E-state index is 12.9. The lowest BCUT2D eigenvalue weighted by atomic mass is 9.88. The molecule has 0 aromatic heterocycles. The summed E-state index contributed by atoms with van der Waals surface area (Å²) in [6.45, 7) is 2.00. The quantitative estimate of drug-likeness (QED) is 0.256. The number of nitrogens with zero attached hydrogens (tertiary/aromatic N) is 1. The molecule has 4 rings (SSSR count). The molecule has 0 bridgehead atoms. The third-order valence-electron chi connectivity index (χ3n) is 6.94. The molecule has 1 fully saturated rings. The van der Waals surface area contributed by atoms with Gasteiger partial charge in [0.15, 0.2) is 5.78 Å². The molecule has 3 aromatic carbocycles. The number of aryl methyl sites for hydroxylation is 1. The minimum atomic E-state index is -0.342. The van der Waals surface area contributed by atoms with Crippen molar-refractivity contribution in [3.8, 4) is 0 Å². The Morgan fingerprint density at radius 3 is 2.11 bits per heavy atom. The molecule has 3 aromatic rings. The zero-order valence-corrected chi connectivity index (χ0v) is 21.2. The number of piperidine rings is 1. The van der Waals surface area contributed by atoms with Crippen LogP contribution in [0.15, 0.2) is 84.9 Å². The van der Waals surface area contributed by atoms with Gasteiger partial charge in [-0.2, -0.15) is 0 Å². The zero-order chi connectivity index (χ0) is 23.9. The van der Waals surface area contributed by atoms with E-state index in [-0.39, 0.29) is 42.3 Å². The van der Waals surface area contributed by atoms with Crippen molar-refractivity contribution in [1.82, 2.24) is 4.90 Å². The first-order valence-corrected chi connectivity index (χ1v) is 12.1. The first kappa shape index (κ1) is 26.7. The van der Waals surface area contributed by atoms with Crippen molar-refractivity contribution in [2.24, 2.45) is 0 Å². The second kappa shape index (κ2) is 12.7. The van der Waals surface area contributed by atoms with Crippen LogP contribution in [0.4, 0.5) is 0 Å². The van der Waals surface area contributed by atoms with E-state index in [1.165, 1.54) is 0 Å². The molecule has 0 N–H and O–H groups in total. The van der Waals surface area contributed by atoms with Crippen LogP contribution in [-0.4, -0.2) is 35.8 Å². The highest BCUT2D eigenvalue weighted by Crippen LogP contribution is 2.33. The molecule has 0 amide bonds. The molecule has 35 heavy (non-hydrogen) atoms. The van der Waals surface area contributed by atoms with Crippen molar-refractivity contribution in [3.63, 3.8) is 0 Å². The molecular formula is C30H34ClNO3. The van der Waals surface area contributed by atoms with Crippen molar-refractivity contribution in [3.05, 3.63) is 107 Å². The fourth-order valence-electron chi connectivity index (χ4n) is 4.83. The average Bonchev–Trinajstić information content (AvgIpc) is 2.87. The smallest absolute Gasteiger partial charge is 0.338 e. The second-order valence-electron chi connectivity index (χ2n) is 9.30. The van der Waals surface area contributed by atoms with Gasteiger partial charge in [0.1, 0.15) is 6.10 Å². The molecule has 5 heteroatoms. The zero-order valence-electron chi connectivity index (χ0n) is 20.4. The van der Waals surface area contributed by atoms with Gasteiger partial charge in [0.2, 0.25) is 0 Å². The molecule has 3 atom stereocenters. The molecule has 0 unspecified atom stereocenters. The molecule has 1 aliphatic rings. The number of rotatable bonds is 8. The maximum Gasteiger partial charge on any atom is 0.338 e. The van der Waals surface area contributed by atoms with Crippen molar-refractivity contribution in [1.29, 1.82) is 0 Å². The van der Waals surface area contributed by atoms with Crippen LogP contribution in [0.1, 0.15) is 70.1 Å². The Bertz CT molecular complexity index is 1090. The number of Topliss-reactive ketones (excluding diaryl/α,β-unsaturated/α-hetero) is 1. The van der Waals surface area contributed by atoms with Gasteiger partial charge in [0, 0.05) is 30.5 Å². The highest BCUT2D eigenvalue weighted by atomic mass is 35.5. The van der Waals surface area contributed by atoms with Gasteiger partial charge in [-0.25, -0.2) is 4.79 Å². The summed E-state index contributed by atoms with van der Waals surface area (Å²) < 4.78 is 6.07. The summed E-state index contributed by atoms with van der Waals surface area (Å²) in [5.74, 6) is -0.119. The van der Waals surface area contributed by atoms with Crippen LogP contribution in [-0.2, 0) is 4.74 Å². The van der Waals surface area contributed by atoms with Crippen LogP contribution >= 0.6 is 12.4 Å². The van der Waals surface area contributed by atoms with Crippen LogP contribution in [0.25, 0.3) is 0 Å². The number of carbonyl (C=O) groups is 2. The Hall–Kier alpha value is -2.95. The molecular weight excluding hydrogens is 458 g/mol. The topological polar surface area (TPSA) is 46.6 Å². The summed E-state index contributed by atoms with van der Waals surface area (Å²) in [6, 6.07) is 27.4. The maximum atomic E-state index is 12.9. The first-order chi connectivity index (χ1) is 16.5. The van der Waals surface area contributed by atoms with E-state index in [1.807, 2.05) is 91.9 Å². The lowest BCUT2D eigenvalue weighted by Crippen LogP contribution is -2.45. The van der Waals surface area contributed by atoms with Crippen LogP contribution in [0.3, 0.4) is 0 Å². The van der Waals surface area contributed by atoms with E-state index < -0.39 is 0 Å². The highest BCUT2D eigenvalue weighted by molar-refractivity contribution is 5.96. The fourth-order valence-corrected chi connectivity index (χ4v) is 4.83. The van der Waals surface area contributed by atoms with Gasteiger partial charge in [-0.3, -0.25) is 9.69 Å². The summed E-state index contributed by atoms with van der Waals surface area (Å²) in [4.78, 5) is 28.1. The van der Waals surface area contributed by atoms with Crippen molar-refractivity contribution in [2.75, 3.05) is 7.05 Å². The predicted octanol–water partition coefficient (Wildman–Crippen LogP) is 6.83. The molecule has 0 spiro atoms. The fraction of sp³-hybridized carbons (Fsp3) is 0.333. The summed E-state index contributed by atoms with van der Waals surface area (Å²) in [6.07, 6.45) is 3.97. The molecule has 4 nitrogen and oxygen atoms in total. The van der Waals surface area contributed by atoms with E-state index in [0.717, 1.165) is 36.0 Å². The van der Waals surface area contributed by atoms with Gasteiger partial charge < -0.3 is 4.74 Å². The molecule has 0 aliphatic carbocycles. The van der Waals surface area contributed by atoms with Crippen LogP contribution in [0.2, 0.25) is 0 Å². The SMILES string of the molecule is Cc1ccc(C(=O)O[C@@H](C[C@@H]2CCC[C@H](CC(=O)c3ccccc3)N2C)c2ccccc2)cc1.Cl. The summed E-state index contributed by atoms with van der Waals surface area (Å²) in [7, 11) is 2.11. The Kier molecular flexibility index (Phi) is 9.64. The number of benzene rings is 3. The number of ether oxygens (including phenoxy) is 1. The molecule has 1 saturated heterocycles. The van der Waals surface area contributed by atoms with Gasteiger partial charge in [-0.15, -0.1) is 12.4 Å². The number of esters is 1. The Balaban J connectivity index is 0.00000342. The predicted molar refractivity (Wildman–Crippen MR) is 142 cm³/mol.